The highest BCUT2D eigenvalue weighted by atomic mass is 16.7. The van der Waals surface area contributed by atoms with Gasteiger partial charge in [-0.25, -0.2) is 14.6 Å². The molecule has 14 heteroatoms. The molecular weight excluding hydrogens is 636 g/mol. The van der Waals surface area contributed by atoms with Crippen molar-refractivity contribution in [2.75, 3.05) is 5.32 Å². The van der Waals surface area contributed by atoms with Gasteiger partial charge in [-0.05, 0) is 66.8 Å². The zero-order valence-electron chi connectivity index (χ0n) is 26.8. The van der Waals surface area contributed by atoms with Crippen molar-refractivity contribution in [3.8, 4) is 17.1 Å². The number of fused-ring (bicyclic) bond motifs is 5. The zero-order valence-corrected chi connectivity index (χ0v) is 26.8. The number of hydrogen-bond acceptors (Lipinski definition) is 11. The number of esters is 1. The summed E-state index contributed by atoms with van der Waals surface area (Å²) >= 11 is 0. The van der Waals surface area contributed by atoms with E-state index in [9.17, 15) is 29.1 Å². The Morgan fingerprint density at radius 3 is 2.55 bits per heavy atom. The molecule has 2 aromatic heterocycles. The third-order valence-electron chi connectivity index (χ3n) is 8.93. The van der Waals surface area contributed by atoms with Crippen molar-refractivity contribution in [2.45, 2.75) is 70.9 Å². The Bertz CT molecular complexity index is 2070. The molecule has 2 aromatic carbocycles. The second kappa shape index (κ2) is 13.1. The fourth-order valence-electron chi connectivity index (χ4n) is 6.19. The van der Waals surface area contributed by atoms with Crippen LogP contribution in [0.4, 0.5) is 10.5 Å². The Labute approximate surface area is 279 Å². The number of aryl methyl sites for hydroxylation is 1. The van der Waals surface area contributed by atoms with E-state index in [0.29, 0.717) is 34.6 Å². The van der Waals surface area contributed by atoms with E-state index in [0.717, 1.165) is 16.5 Å². The second-order valence-electron chi connectivity index (χ2n) is 11.9. The van der Waals surface area contributed by atoms with Gasteiger partial charge in [0.05, 0.1) is 29.0 Å². The molecule has 4 aromatic rings. The van der Waals surface area contributed by atoms with E-state index in [1.54, 1.807) is 60.0 Å². The Hall–Kier alpha value is -5.60. The molecule has 2 atom stereocenters. The number of carboxylic acids is 1. The smallest absolute Gasteiger partial charge is 0.480 e. The average Bonchev–Trinajstić information content (AvgIpc) is 3.46. The third kappa shape index (κ3) is 6.23. The molecule has 5 N–H and O–H groups in total. The number of benzene rings is 2. The molecule has 0 saturated heterocycles. The van der Waals surface area contributed by atoms with Gasteiger partial charge in [0, 0.05) is 28.6 Å². The summed E-state index contributed by atoms with van der Waals surface area (Å²) < 4.78 is 17.5. The number of anilines is 1. The number of hydrogen-bond donors (Lipinski definition) is 4. The van der Waals surface area contributed by atoms with Crippen LogP contribution in [-0.2, 0) is 55.6 Å². The number of carbonyl (C=O) groups excluding carboxylic acids is 3. The molecule has 4 heterocycles. The first-order valence-corrected chi connectivity index (χ1v) is 15.8. The number of carbonyl (C=O) groups is 4. The molecule has 1 amide bonds. The third-order valence-corrected chi connectivity index (χ3v) is 8.93. The van der Waals surface area contributed by atoms with E-state index in [1.807, 2.05) is 6.92 Å². The highest BCUT2D eigenvalue weighted by molar-refractivity contribution is 5.91. The number of nitrogens with one attached hydrogen (secondary N) is 1. The van der Waals surface area contributed by atoms with Crippen LogP contribution >= 0.6 is 0 Å². The van der Waals surface area contributed by atoms with Crippen LogP contribution in [0.15, 0.2) is 53.3 Å². The summed E-state index contributed by atoms with van der Waals surface area (Å²) in [5, 5.41) is 23.4. The van der Waals surface area contributed by atoms with Crippen LogP contribution in [0, 0.1) is 0 Å². The summed E-state index contributed by atoms with van der Waals surface area (Å²) in [4.78, 5) is 66.4. The van der Waals surface area contributed by atoms with Crippen molar-refractivity contribution in [3.05, 3.63) is 86.7 Å². The van der Waals surface area contributed by atoms with E-state index in [1.165, 1.54) is 0 Å². The van der Waals surface area contributed by atoms with Gasteiger partial charge >= 0.3 is 18.1 Å². The lowest BCUT2D eigenvalue weighted by atomic mass is 9.86. The molecule has 0 bridgehead atoms. The van der Waals surface area contributed by atoms with Gasteiger partial charge < -0.3 is 40.0 Å². The molecular formula is C35H34N4O10. The molecule has 0 aliphatic carbocycles. The van der Waals surface area contributed by atoms with Crippen LogP contribution in [0.2, 0.25) is 0 Å². The standard InChI is InChI=1S/C35H34N4O10/c1-3-21-22-13-20(49-34(45)48-16-18-5-7-19(8-6-18)37-29(40)12-10-26(36)32(42)43)9-11-27(22)38-30-23(21)15-39-28(30)14-25-24(31(39)41)17-47-33(44)35(25,46)4-2/h5-9,11,13-14,26,46H,3-4,10,12,15-17,36H2,1-2H3,(H,37,40)(H,42,43)/t26-,35-/m0/s1. The molecule has 0 radical (unpaired) electrons. The van der Waals surface area contributed by atoms with E-state index in [4.69, 9.17) is 30.0 Å². The summed E-state index contributed by atoms with van der Waals surface area (Å²) in [5.41, 5.74) is 8.23. The molecule has 14 nitrogen and oxygen atoms in total. The van der Waals surface area contributed by atoms with Gasteiger partial charge in [0.1, 0.15) is 25.0 Å². The molecule has 49 heavy (non-hydrogen) atoms. The SMILES string of the molecule is CCc1c2c(nc3ccc(OC(=O)OCc4ccc(NC(=O)CC[C@H](N)C(=O)O)cc4)cc13)-c1cc3c(c(=O)n1C2)COC(=O)[C@]3(O)CC. The maximum absolute atomic E-state index is 13.6. The minimum absolute atomic E-state index is 0.00726. The van der Waals surface area contributed by atoms with Crippen molar-refractivity contribution in [1.82, 2.24) is 9.55 Å². The van der Waals surface area contributed by atoms with Crippen LogP contribution in [0.25, 0.3) is 22.3 Å². The van der Waals surface area contributed by atoms with Crippen LogP contribution in [-0.4, -0.2) is 49.8 Å². The maximum atomic E-state index is 13.6. The van der Waals surface area contributed by atoms with Crippen LogP contribution in [0.3, 0.4) is 0 Å². The van der Waals surface area contributed by atoms with Crippen LogP contribution < -0.4 is 21.3 Å². The fourth-order valence-corrected chi connectivity index (χ4v) is 6.19. The number of pyridine rings is 2. The quantitative estimate of drug-likeness (QED) is 0.124. The van der Waals surface area contributed by atoms with Gasteiger partial charge in [-0.15, -0.1) is 0 Å². The van der Waals surface area contributed by atoms with Gasteiger partial charge in [0.2, 0.25) is 5.91 Å². The van der Waals surface area contributed by atoms with E-state index >= 15 is 0 Å². The van der Waals surface area contributed by atoms with E-state index in [2.05, 4.69) is 5.32 Å². The van der Waals surface area contributed by atoms with Crippen molar-refractivity contribution in [1.29, 1.82) is 0 Å². The topological polar surface area (TPSA) is 209 Å². The number of amides is 1. The highest BCUT2D eigenvalue weighted by Crippen LogP contribution is 2.40. The van der Waals surface area contributed by atoms with Gasteiger partial charge in [0.15, 0.2) is 5.60 Å². The van der Waals surface area contributed by atoms with Gasteiger partial charge in [0.25, 0.3) is 5.56 Å². The summed E-state index contributed by atoms with van der Waals surface area (Å²) in [6, 6.07) is 12.1. The molecule has 0 unspecified atom stereocenters. The first kappa shape index (κ1) is 33.3. The first-order valence-electron chi connectivity index (χ1n) is 15.8. The monoisotopic (exact) mass is 670 g/mol. The van der Waals surface area contributed by atoms with Crippen molar-refractivity contribution < 1.29 is 43.6 Å². The van der Waals surface area contributed by atoms with Crippen LogP contribution in [0.5, 0.6) is 5.75 Å². The number of carboxylic acid groups (broad SMARTS) is 1. The van der Waals surface area contributed by atoms with Crippen molar-refractivity contribution in [2.24, 2.45) is 5.73 Å². The Morgan fingerprint density at radius 2 is 1.86 bits per heavy atom. The zero-order chi connectivity index (χ0) is 35.0. The Morgan fingerprint density at radius 1 is 1.10 bits per heavy atom. The van der Waals surface area contributed by atoms with Gasteiger partial charge in [-0.2, -0.15) is 0 Å². The molecule has 2 aliphatic rings. The van der Waals surface area contributed by atoms with E-state index in [-0.39, 0.29) is 67.4 Å². The highest BCUT2D eigenvalue weighted by Gasteiger charge is 2.45. The fraction of sp³-hybridized carbons (Fsp3) is 0.314. The maximum Gasteiger partial charge on any atom is 0.514 e. The molecule has 2 aliphatic heterocycles. The van der Waals surface area contributed by atoms with Crippen LogP contribution in [0.1, 0.15) is 60.9 Å². The summed E-state index contributed by atoms with van der Waals surface area (Å²) in [6.45, 7) is 3.57. The number of nitrogens with two attached hydrogens (primary N) is 1. The largest absolute Gasteiger partial charge is 0.514 e. The average molecular weight is 671 g/mol. The second-order valence-corrected chi connectivity index (χ2v) is 11.9. The lowest BCUT2D eigenvalue weighted by molar-refractivity contribution is -0.172. The lowest BCUT2D eigenvalue weighted by Gasteiger charge is -2.31. The van der Waals surface area contributed by atoms with Gasteiger partial charge in [-0.3, -0.25) is 14.4 Å². The number of rotatable bonds is 10. The predicted molar refractivity (Wildman–Crippen MR) is 175 cm³/mol. The molecule has 0 spiro atoms. The van der Waals surface area contributed by atoms with E-state index < -0.39 is 29.7 Å². The normalized spacial score (nSPS) is 16.6. The van der Waals surface area contributed by atoms with Gasteiger partial charge in [-0.1, -0.05) is 26.0 Å². The summed E-state index contributed by atoms with van der Waals surface area (Å²) in [7, 11) is 0. The Kier molecular flexibility index (Phi) is 8.92. The minimum Gasteiger partial charge on any atom is -0.480 e. The number of aromatic nitrogens is 2. The summed E-state index contributed by atoms with van der Waals surface area (Å²) in [5.74, 6) is -2.09. The van der Waals surface area contributed by atoms with Crippen molar-refractivity contribution in [3.63, 3.8) is 0 Å². The number of nitrogens with zero attached hydrogens (tertiary/aromatic N) is 2. The minimum atomic E-state index is -1.92. The Balaban J connectivity index is 1.15. The lowest BCUT2D eigenvalue weighted by Crippen LogP contribution is -2.44. The van der Waals surface area contributed by atoms with Crippen molar-refractivity contribution >= 4 is 40.6 Å². The molecule has 254 valence electrons. The number of aliphatic carboxylic acids is 1. The number of ether oxygens (including phenoxy) is 3. The molecule has 0 saturated carbocycles. The number of cyclic esters (lactones) is 1. The first-order chi connectivity index (χ1) is 23.4. The molecule has 0 fully saturated rings. The predicted octanol–water partition coefficient (Wildman–Crippen LogP) is 3.49. The number of aliphatic hydroxyl groups is 1. The molecule has 6 rings (SSSR count). The summed E-state index contributed by atoms with van der Waals surface area (Å²) in [6.07, 6.45) is -0.330.